The molecule has 0 atom stereocenters. The second kappa shape index (κ2) is 8.62. The van der Waals surface area contributed by atoms with Crippen molar-refractivity contribution in [2.75, 3.05) is 30.3 Å². The van der Waals surface area contributed by atoms with Crippen LogP contribution in [-0.2, 0) is 0 Å². The number of hydrogen-bond acceptors (Lipinski definition) is 4. The van der Waals surface area contributed by atoms with Crippen molar-refractivity contribution in [1.29, 1.82) is 0 Å². The molecule has 1 aliphatic heterocycles. The van der Waals surface area contributed by atoms with Gasteiger partial charge in [-0.3, -0.25) is 4.79 Å². The van der Waals surface area contributed by atoms with Crippen LogP contribution >= 0.6 is 23.2 Å². The molecule has 5 nitrogen and oxygen atoms in total. The van der Waals surface area contributed by atoms with E-state index in [4.69, 9.17) is 23.2 Å². The standard InChI is InChI=1S/C19H21Cl2N3O2/c20-13-1-4-18(25)15(9-13)19(26)24-17-3-2-14(10-16(17)21)23-11-12-5-7-22-8-6-12/h1-4,9-10,12,22-23,25H,5-8,11H2,(H,24,26). The summed E-state index contributed by atoms with van der Waals surface area (Å²) in [5, 5.41) is 20.1. The number of rotatable bonds is 5. The van der Waals surface area contributed by atoms with Crippen molar-refractivity contribution in [3.05, 3.63) is 52.0 Å². The Kier molecular flexibility index (Phi) is 6.25. The maximum atomic E-state index is 12.3. The van der Waals surface area contributed by atoms with Gasteiger partial charge in [-0.15, -0.1) is 0 Å². The van der Waals surface area contributed by atoms with Gasteiger partial charge in [0.05, 0.1) is 16.3 Å². The predicted molar refractivity (Wildman–Crippen MR) is 107 cm³/mol. The third kappa shape index (κ3) is 4.81. The monoisotopic (exact) mass is 393 g/mol. The third-order valence-electron chi connectivity index (χ3n) is 4.47. The number of hydrogen-bond donors (Lipinski definition) is 4. The van der Waals surface area contributed by atoms with Crippen LogP contribution in [0.2, 0.25) is 10.0 Å². The Bertz CT molecular complexity index is 792. The molecule has 1 amide bonds. The van der Waals surface area contributed by atoms with Crippen molar-refractivity contribution in [3.8, 4) is 5.75 Å². The van der Waals surface area contributed by atoms with Crippen LogP contribution in [0.4, 0.5) is 11.4 Å². The maximum absolute atomic E-state index is 12.3. The van der Waals surface area contributed by atoms with E-state index in [1.165, 1.54) is 18.2 Å². The summed E-state index contributed by atoms with van der Waals surface area (Å²) < 4.78 is 0. The molecular formula is C19H21Cl2N3O2. The molecule has 7 heteroatoms. The number of piperidine rings is 1. The molecule has 2 aromatic rings. The zero-order chi connectivity index (χ0) is 18.5. The summed E-state index contributed by atoms with van der Waals surface area (Å²) in [6.45, 7) is 3.03. The number of anilines is 2. The molecule has 1 fully saturated rings. The van der Waals surface area contributed by atoms with Crippen molar-refractivity contribution in [2.45, 2.75) is 12.8 Å². The molecule has 1 aliphatic rings. The average Bonchev–Trinajstić information content (AvgIpc) is 2.64. The molecule has 26 heavy (non-hydrogen) atoms. The number of halogens is 2. The zero-order valence-corrected chi connectivity index (χ0v) is 15.7. The van der Waals surface area contributed by atoms with Gasteiger partial charge < -0.3 is 21.1 Å². The number of aromatic hydroxyl groups is 1. The molecule has 1 saturated heterocycles. The second-order valence-electron chi connectivity index (χ2n) is 6.38. The third-order valence-corrected chi connectivity index (χ3v) is 5.02. The Morgan fingerprint density at radius 3 is 2.65 bits per heavy atom. The highest BCUT2D eigenvalue weighted by molar-refractivity contribution is 6.34. The molecule has 1 heterocycles. The van der Waals surface area contributed by atoms with Crippen LogP contribution in [0.3, 0.4) is 0 Å². The quantitative estimate of drug-likeness (QED) is 0.608. The molecule has 4 N–H and O–H groups in total. The number of phenolic OH excluding ortho intramolecular Hbond substituents is 1. The smallest absolute Gasteiger partial charge is 0.259 e. The van der Waals surface area contributed by atoms with Crippen LogP contribution < -0.4 is 16.0 Å². The molecule has 0 radical (unpaired) electrons. The number of benzene rings is 2. The van der Waals surface area contributed by atoms with Gasteiger partial charge in [0.1, 0.15) is 5.75 Å². The summed E-state index contributed by atoms with van der Waals surface area (Å²) >= 11 is 12.2. The van der Waals surface area contributed by atoms with Crippen LogP contribution in [0, 0.1) is 5.92 Å². The van der Waals surface area contributed by atoms with Gasteiger partial charge >= 0.3 is 0 Å². The number of carbonyl (C=O) groups is 1. The number of carbonyl (C=O) groups excluding carboxylic acids is 1. The van der Waals surface area contributed by atoms with Crippen LogP contribution in [0.5, 0.6) is 5.75 Å². The molecule has 0 saturated carbocycles. The lowest BCUT2D eigenvalue weighted by Gasteiger charge is -2.23. The Labute approximate surface area is 162 Å². The van der Waals surface area contributed by atoms with Gasteiger partial charge in [0.25, 0.3) is 5.91 Å². The lowest BCUT2D eigenvalue weighted by atomic mass is 9.98. The van der Waals surface area contributed by atoms with Crippen molar-refractivity contribution >= 4 is 40.5 Å². The second-order valence-corrected chi connectivity index (χ2v) is 7.23. The van der Waals surface area contributed by atoms with E-state index in [0.717, 1.165) is 38.2 Å². The normalized spacial score (nSPS) is 14.8. The Morgan fingerprint density at radius 2 is 1.92 bits per heavy atom. The first-order chi connectivity index (χ1) is 12.5. The largest absolute Gasteiger partial charge is 0.507 e. The predicted octanol–water partition coefficient (Wildman–Crippen LogP) is 4.36. The van der Waals surface area contributed by atoms with Gasteiger partial charge in [0.15, 0.2) is 0 Å². The van der Waals surface area contributed by atoms with Crippen molar-refractivity contribution in [2.24, 2.45) is 5.92 Å². The SMILES string of the molecule is O=C(Nc1ccc(NCC2CCNCC2)cc1Cl)c1cc(Cl)ccc1O. The summed E-state index contributed by atoms with van der Waals surface area (Å²) in [5.74, 6) is 0.0470. The van der Waals surface area contributed by atoms with E-state index < -0.39 is 5.91 Å². The van der Waals surface area contributed by atoms with Crippen LogP contribution in [-0.4, -0.2) is 30.6 Å². The topological polar surface area (TPSA) is 73.4 Å². The first-order valence-corrected chi connectivity index (χ1v) is 9.32. The molecule has 0 aliphatic carbocycles. The fourth-order valence-electron chi connectivity index (χ4n) is 2.95. The Morgan fingerprint density at radius 1 is 1.15 bits per heavy atom. The van der Waals surface area contributed by atoms with E-state index in [-0.39, 0.29) is 11.3 Å². The first-order valence-electron chi connectivity index (χ1n) is 8.57. The maximum Gasteiger partial charge on any atom is 0.259 e. The van der Waals surface area contributed by atoms with E-state index in [1.807, 2.05) is 6.07 Å². The van der Waals surface area contributed by atoms with Crippen LogP contribution in [0.25, 0.3) is 0 Å². The summed E-state index contributed by atoms with van der Waals surface area (Å²) in [4.78, 5) is 12.3. The van der Waals surface area contributed by atoms with Gasteiger partial charge in [-0.1, -0.05) is 23.2 Å². The molecule has 138 valence electrons. The zero-order valence-electron chi connectivity index (χ0n) is 14.2. The first kappa shape index (κ1) is 18.8. The highest BCUT2D eigenvalue weighted by Crippen LogP contribution is 2.28. The molecular weight excluding hydrogens is 373 g/mol. The van der Waals surface area contributed by atoms with E-state index in [2.05, 4.69) is 16.0 Å². The van der Waals surface area contributed by atoms with Gasteiger partial charge in [-0.25, -0.2) is 0 Å². The summed E-state index contributed by atoms with van der Waals surface area (Å²) in [6.07, 6.45) is 2.33. The lowest BCUT2D eigenvalue weighted by Crippen LogP contribution is -2.31. The summed E-state index contributed by atoms with van der Waals surface area (Å²) in [6, 6.07) is 9.72. The highest BCUT2D eigenvalue weighted by atomic mass is 35.5. The average molecular weight is 394 g/mol. The molecule has 0 aromatic heterocycles. The van der Waals surface area contributed by atoms with Crippen LogP contribution in [0.15, 0.2) is 36.4 Å². The molecule has 0 spiro atoms. The fourth-order valence-corrected chi connectivity index (χ4v) is 3.35. The molecule has 0 unspecified atom stereocenters. The van der Waals surface area contributed by atoms with Crippen molar-refractivity contribution in [1.82, 2.24) is 5.32 Å². The van der Waals surface area contributed by atoms with E-state index >= 15 is 0 Å². The minimum Gasteiger partial charge on any atom is -0.507 e. The fraction of sp³-hybridized carbons (Fsp3) is 0.316. The Hall–Kier alpha value is -1.95. The number of amides is 1. The lowest BCUT2D eigenvalue weighted by molar-refractivity contribution is 0.102. The van der Waals surface area contributed by atoms with Gasteiger partial charge in [0, 0.05) is 17.3 Å². The van der Waals surface area contributed by atoms with Crippen molar-refractivity contribution < 1.29 is 9.90 Å². The molecule has 3 rings (SSSR count). The van der Waals surface area contributed by atoms with Gasteiger partial charge in [-0.2, -0.15) is 0 Å². The highest BCUT2D eigenvalue weighted by Gasteiger charge is 2.15. The summed E-state index contributed by atoms with van der Waals surface area (Å²) in [7, 11) is 0. The Balaban J connectivity index is 1.63. The number of nitrogens with one attached hydrogen (secondary N) is 3. The number of phenols is 1. The minimum absolute atomic E-state index is 0.0988. The van der Waals surface area contributed by atoms with Gasteiger partial charge in [0.2, 0.25) is 0 Å². The molecule has 0 bridgehead atoms. The van der Waals surface area contributed by atoms with Gasteiger partial charge in [-0.05, 0) is 68.2 Å². The summed E-state index contributed by atoms with van der Waals surface area (Å²) in [5.41, 5.74) is 1.49. The van der Waals surface area contributed by atoms with E-state index in [9.17, 15) is 9.90 Å². The van der Waals surface area contributed by atoms with Crippen molar-refractivity contribution in [3.63, 3.8) is 0 Å². The van der Waals surface area contributed by atoms with Crippen LogP contribution in [0.1, 0.15) is 23.2 Å². The van der Waals surface area contributed by atoms with E-state index in [0.29, 0.717) is 21.7 Å². The van der Waals surface area contributed by atoms with E-state index in [1.54, 1.807) is 12.1 Å². The molecule has 2 aromatic carbocycles. The minimum atomic E-state index is -0.470.